The van der Waals surface area contributed by atoms with Crippen molar-refractivity contribution in [3.05, 3.63) is 42.1 Å². The minimum absolute atomic E-state index is 0.0405. The maximum atomic E-state index is 12.1. The molecule has 1 N–H and O–H groups in total. The summed E-state index contributed by atoms with van der Waals surface area (Å²) in [5, 5.41) is 6.97. The first-order valence-corrected chi connectivity index (χ1v) is 8.48. The molecule has 0 atom stereocenters. The molecule has 22 heavy (non-hydrogen) atoms. The molecule has 0 radical (unpaired) electrons. The zero-order valence-electron chi connectivity index (χ0n) is 13.2. The lowest BCUT2D eigenvalue weighted by molar-refractivity contribution is -0.117. The highest BCUT2D eigenvalue weighted by Crippen LogP contribution is 2.15. The zero-order chi connectivity index (χ0) is 15.9. The van der Waals surface area contributed by atoms with Gasteiger partial charge in [0, 0.05) is 30.8 Å². The van der Waals surface area contributed by atoms with Gasteiger partial charge in [-0.15, -0.1) is 11.8 Å². The molecular formula is C16H22N4OS. The fraction of sp³-hybridized carbons (Fsp3) is 0.375. The smallest absolute Gasteiger partial charge is 0.239 e. The highest BCUT2D eigenvalue weighted by Gasteiger charge is 2.11. The van der Waals surface area contributed by atoms with Gasteiger partial charge in [-0.05, 0) is 30.5 Å². The van der Waals surface area contributed by atoms with Crippen molar-refractivity contribution in [1.82, 2.24) is 14.7 Å². The van der Waals surface area contributed by atoms with Crippen molar-refractivity contribution in [1.29, 1.82) is 0 Å². The van der Waals surface area contributed by atoms with E-state index in [2.05, 4.69) is 52.8 Å². The van der Waals surface area contributed by atoms with Gasteiger partial charge in [0.25, 0.3) is 0 Å². The first-order chi connectivity index (χ1) is 10.6. The van der Waals surface area contributed by atoms with Gasteiger partial charge in [-0.1, -0.05) is 19.1 Å². The van der Waals surface area contributed by atoms with Crippen LogP contribution < -0.4 is 5.32 Å². The number of nitrogens with zero attached hydrogens (tertiary/aromatic N) is 3. The van der Waals surface area contributed by atoms with Crippen LogP contribution in [0.15, 0.2) is 41.4 Å². The number of nitrogens with one attached hydrogen (secondary N) is 1. The summed E-state index contributed by atoms with van der Waals surface area (Å²) in [5.41, 5.74) is 1.21. The van der Waals surface area contributed by atoms with Gasteiger partial charge in [0.15, 0.2) is 5.82 Å². The van der Waals surface area contributed by atoms with Crippen molar-refractivity contribution < 1.29 is 4.79 Å². The van der Waals surface area contributed by atoms with E-state index in [9.17, 15) is 4.79 Å². The SMILES string of the molecule is CCN(CC(=O)Nc1ccn(C)n1)Cc1ccc(SC)cc1. The van der Waals surface area contributed by atoms with Crippen molar-refractivity contribution >= 4 is 23.5 Å². The molecule has 0 spiro atoms. The van der Waals surface area contributed by atoms with E-state index in [0.717, 1.165) is 13.1 Å². The van der Waals surface area contributed by atoms with Crippen LogP contribution in [0.4, 0.5) is 5.82 Å². The van der Waals surface area contributed by atoms with E-state index in [0.29, 0.717) is 12.4 Å². The number of aromatic nitrogens is 2. The number of thioether (sulfide) groups is 1. The summed E-state index contributed by atoms with van der Waals surface area (Å²) in [6.45, 7) is 4.00. The van der Waals surface area contributed by atoms with Crippen molar-refractivity contribution in [3.8, 4) is 0 Å². The number of benzene rings is 1. The Labute approximate surface area is 135 Å². The molecule has 0 unspecified atom stereocenters. The van der Waals surface area contributed by atoms with Gasteiger partial charge in [0.2, 0.25) is 5.91 Å². The molecule has 0 bridgehead atoms. The summed E-state index contributed by atoms with van der Waals surface area (Å²) in [7, 11) is 1.83. The number of rotatable bonds is 7. The van der Waals surface area contributed by atoms with Crippen molar-refractivity contribution in [3.63, 3.8) is 0 Å². The maximum Gasteiger partial charge on any atom is 0.239 e. The second-order valence-electron chi connectivity index (χ2n) is 5.07. The Bertz CT molecular complexity index is 609. The minimum Gasteiger partial charge on any atom is -0.308 e. The van der Waals surface area contributed by atoms with E-state index >= 15 is 0 Å². The monoisotopic (exact) mass is 318 g/mol. The Balaban J connectivity index is 1.89. The third-order valence-electron chi connectivity index (χ3n) is 3.36. The number of amides is 1. The lowest BCUT2D eigenvalue weighted by Crippen LogP contribution is -2.32. The molecule has 1 aromatic carbocycles. The molecule has 1 aromatic heterocycles. The van der Waals surface area contributed by atoms with Crippen LogP contribution in [0.3, 0.4) is 0 Å². The molecule has 1 amide bonds. The molecule has 0 aliphatic carbocycles. The maximum absolute atomic E-state index is 12.1. The zero-order valence-corrected chi connectivity index (χ0v) is 14.1. The predicted octanol–water partition coefficient (Wildman–Crippen LogP) is 2.60. The Morgan fingerprint density at radius 1 is 1.32 bits per heavy atom. The molecular weight excluding hydrogens is 296 g/mol. The van der Waals surface area contributed by atoms with Crippen molar-refractivity contribution in [2.45, 2.75) is 18.4 Å². The first-order valence-electron chi connectivity index (χ1n) is 7.25. The van der Waals surface area contributed by atoms with E-state index in [1.165, 1.54) is 10.5 Å². The number of aryl methyl sites for hydroxylation is 1. The van der Waals surface area contributed by atoms with Gasteiger partial charge in [0.1, 0.15) is 0 Å². The molecule has 1 heterocycles. The highest BCUT2D eigenvalue weighted by molar-refractivity contribution is 7.98. The molecule has 0 saturated carbocycles. The summed E-state index contributed by atoms with van der Waals surface area (Å²) in [4.78, 5) is 15.4. The van der Waals surface area contributed by atoms with E-state index in [1.54, 1.807) is 28.7 Å². The molecule has 118 valence electrons. The van der Waals surface area contributed by atoms with Crippen LogP contribution in [0.2, 0.25) is 0 Å². The number of carbonyl (C=O) groups is 1. The summed E-state index contributed by atoms with van der Waals surface area (Å²) in [6.07, 6.45) is 3.87. The van der Waals surface area contributed by atoms with Crippen LogP contribution in [-0.2, 0) is 18.4 Å². The first kappa shape index (κ1) is 16.6. The highest BCUT2D eigenvalue weighted by atomic mass is 32.2. The van der Waals surface area contributed by atoms with E-state index < -0.39 is 0 Å². The second-order valence-corrected chi connectivity index (χ2v) is 5.95. The molecule has 2 rings (SSSR count). The third-order valence-corrected chi connectivity index (χ3v) is 4.10. The molecule has 5 nitrogen and oxygen atoms in total. The van der Waals surface area contributed by atoms with E-state index in [4.69, 9.17) is 0 Å². The van der Waals surface area contributed by atoms with Gasteiger partial charge < -0.3 is 5.32 Å². The van der Waals surface area contributed by atoms with Crippen LogP contribution in [0, 0.1) is 0 Å². The Kier molecular flexibility index (Phi) is 6.03. The van der Waals surface area contributed by atoms with Gasteiger partial charge >= 0.3 is 0 Å². The van der Waals surface area contributed by atoms with Crippen LogP contribution in [0.25, 0.3) is 0 Å². The summed E-state index contributed by atoms with van der Waals surface area (Å²) in [5.74, 6) is 0.550. The second kappa shape index (κ2) is 8.00. The topological polar surface area (TPSA) is 50.2 Å². The summed E-state index contributed by atoms with van der Waals surface area (Å²) >= 11 is 1.73. The van der Waals surface area contributed by atoms with Gasteiger partial charge in [-0.2, -0.15) is 5.10 Å². The van der Waals surface area contributed by atoms with Crippen LogP contribution in [-0.4, -0.2) is 39.9 Å². The normalized spacial score (nSPS) is 10.9. The number of hydrogen-bond acceptors (Lipinski definition) is 4. The quantitative estimate of drug-likeness (QED) is 0.797. The van der Waals surface area contributed by atoms with E-state index in [-0.39, 0.29) is 5.91 Å². The Morgan fingerprint density at radius 2 is 2.05 bits per heavy atom. The number of carbonyl (C=O) groups excluding carboxylic acids is 1. The molecule has 0 saturated heterocycles. The number of likely N-dealkylation sites (N-methyl/N-ethyl adjacent to an activating group) is 1. The predicted molar refractivity (Wildman–Crippen MR) is 91.0 cm³/mol. The lowest BCUT2D eigenvalue weighted by Gasteiger charge is -2.19. The Hall–Kier alpha value is -1.79. The lowest BCUT2D eigenvalue weighted by atomic mass is 10.2. The summed E-state index contributed by atoms with van der Waals surface area (Å²) in [6, 6.07) is 10.2. The standard InChI is InChI=1S/C16H22N4OS/c1-4-20(11-13-5-7-14(22-3)8-6-13)12-16(21)17-15-9-10-19(2)18-15/h5-10H,4,11-12H2,1-3H3,(H,17,18,21). The van der Waals surface area contributed by atoms with Crippen molar-refractivity contribution in [2.75, 3.05) is 24.7 Å². The number of anilines is 1. The fourth-order valence-electron chi connectivity index (χ4n) is 2.14. The van der Waals surface area contributed by atoms with E-state index in [1.807, 2.05) is 7.05 Å². The fourth-order valence-corrected chi connectivity index (χ4v) is 2.54. The average Bonchev–Trinajstić information content (AvgIpc) is 2.92. The minimum atomic E-state index is -0.0405. The molecule has 2 aromatic rings. The third kappa shape index (κ3) is 4.89. The van der Waals surface area contributed by atoms with Crippen LogP contribution in [0.1, 0.15) is 12.5 Å². The molecule has 6 heteroatoms. The molecule has 0 fully saturated rings. The largest absolute Gasteiger partial charge is 0.308 e. The van der Waals surface area contributed by atoms with Gasteiger partial charge in [-0.25, -0.2) is 0 Å². The average molecular weight is 318 g/mol. The Morgan fingerprint density at radius 3 is 2.59 bits per heavy atom. The van der Waals surface area contributed by atoms with Crippen LogP contribution in [0.5, 0.6) is 0 Å². The molecule has 0 aliphatic rings. The number of hydrogen-bond donors (Lipinski definition) is 1. The van der Waals surface area contributed by atoms with Gasteiger partial charge in [-0.3, -0.25) is 14.4 Å². The van der Waals surface area contributed by atoms with Crippen LogP contribution >= 0.6 is 11.8 Å². The van der Waals surface area contributed by atoms with Gasteiger partial charge in [0.05, 0.1) is 6.54 Å². The molecule has 0 aliphatic heterocycles. The van der Waals surface area contributed by atoms with Crippen molar-refractivity contribution in [2.24, 2.45) is 7.05 Å². The summed E-state index contributed by atoms with van der Waals surface area (Å²) < 4.78 is 1.67.